The summed E-state index contributed by atoms with van der Waals surface area (Å²) in [5.74, 6) is -1.01. The zero-order valence-corrected chi connectivity index (χ0v) is 15.8. The molecule has 1 aromatic heterocycles. The zero-order valence-electron chi connectivity index (χ0n) is 15.0. The molecule has 1 saturated heterocycles. The first-order valence-electron chi connectivity index (χ1n) is 8.64. The van der Waals surface area contributed by atoms with E-state index >= 15 is 0 Å². The van der Waals surface area contributed by atoms with Crippen molar-refractivity contribution < 1.29 is 18.8 Å². The average molecular weight is 406 g/mol. The minimum atomic E-state index is -0.509. The van der Waals surface area contributed by atoms with Crippen molar-refractivity contribution in [2.45, 2.75) is 0 Å². The van der Waals surface area contributed by atoms with E-state index in [0.717, 1.165) is 22.2 Å². The number of amides is 3. The smallest absolute Gasteiger partial charge is 0.336 e. The van der Waals surface area contributed by atoms with E-state index in [9.17, 15) is 19.2 Å². The van der Waals surface area contributed by atoms with E-state index in [1.165, 1.54) is 6.07 Å². The van der Waals surface area contributed by atoms with E-state index in [1.807, 2.05) is 30.3 Å². The van der Waals surface area contributed by atoms with Crippen molar-refractivity contribution in [3.63, 3.8) is 0 Å². The number of fused-ring (bicyclic) bond motifs is 1. The molecule has 1 aliphatic heterocycles. The van der Waals surface area contributed by atoms with E-state index in [1.54, 1.807) is 30.3 Å². The molecule has 0 saturated carbocycles. The molecule has 0 spiro atoms. The summed E-state index contributed by atoms with van der Waals surface area (Å²) < 4.78 is 5.04. The summed E-state index contributed by atoms with van der Waals surface area (Å²) >= 11 is 0.805. The number of thioether (sulfide) groups is 1. The topological polar surface area (TPSA) is 96.7 Å². The van der Waals surface area contributed by atoms with E-state index in [4.69, 9.17) is 4.42 Å². The number of hydrogen-bond donors (Lipinski definition) is 1. The normalized spacial score (nSPS) is 15.3. The van der Waals surface area contributed by atoms with Gasteiger partial charge in [-0.1, -0.05) is 30.3 Å². The Labute approximate surface area is 169 Å². The molecule has 0 aliphatic carbocycles. The highest BCUT2D eigenvalue weighted by Crippen LogP contribution is 2.32. The summed E-state index contributed by atoms with van der Waals surface area (Å²) in [6, 6.07) is 16.8. The summed E-state index contributed by atoms with van der Waals surface area (Å²) in [6.45, 7) is -0.390. The highest BCUT2D eigenvalue weighted by atomic mass is 32.2. The Kier molecular flexibility index (Phi) is 5.01. The second kappa shape index (κ2) is 7.76. The van der Waals surface area contributed by atoms with Crippen molar-refractivity contribution in [3.8, 4) is 0 Å². The van der Waals surface area contributed by atoms with Crippen molar-refractivity contribution in [2.75, 3.05) is 11.9 Å². The minimum absolute atomic E-state index is 0.273. The van der Waals surface area contributed by atoms with Gasteiger partial charge in [0, 0.05) is 17.1 Å². The van der Waals surface area contributed by atoms with Gasteiger partial charge in [0.15, 0.2) is 0 Å². The lowest BCUT2D eigenvalue weighted by Gasteiger charge is -2.12. The molecule has 8 heteroatoms. The molecule has 0 atom stereocenters. The van der Waals surface area contributed by atoms with Gasteiger partial charge in [0.2, 0.25) is 5.91 Å². The van der Waals surface area contributed by atoms with Gasteiger partial charge in [-0.15, -0.1) is 0 Å². The molecule has 2 aromatic carbocycles. The van der Waals surface area contributed by atoms with Crippen LogP contribution in [0.5, 0.6) is 0 Å². The number of anilines is 1. The summed E-state index contributed by atoms with van der Waals surface area (Å²) in [5, 5.41) is 2.79. The van der Waals surface area contributed by atoms with E-state index in [0.29, 0.717) is 16.7 Å². The molecular formula is C21H14N2O5S. The maximum atomic E-state index is 12.5. The van der Waals surface area contributed by atoms with E-state index in [-0.39, 0.29) is 4.91 Å². The highest BCUT2D eigenvalue weighted by molar-refractivity contribution is 8.18. The fourth-order valence-corrected chi connectivity index (χ4v) is 3.67. The van der Waals surface area contributed by atoms with Crippen LogP contribution in [0.4, 0.5) is 10.5 Å². The van der Waals surface area contributed by atoms with Gasteiger partial charge < -0.3 is 9.73 Å². The van der Waals surface area contributed by atoms with Gasteiger partial charge in [-0.25, -0.2) is 4.79 Å². The molecule has 0 unspecified atom stereocenters. The molecule has 3 aromatic rings. The third-order valence-corrected chi connectivity index (χ3v) is 5.08. The fraction of sp³-hybridized carbons (Fsp3) is 0.0476. The largest absolute Gasteiger partial charge is 0.423 e. The monoisotopic (exact) mass is 406 g/mol. The number of hydrogen-bond acceptors (Lipinski definition) is 6. The number of rotatable bonds is 4. The van der Waals surface area contributed by atoms with Gasteiger partial charge in [0.25, 0.3) is 11.1 Å². The third kappa shape index (κ3) is 4.12. The molecule has 1 fully saturated rings. The zero-order chi connectivity index (χ0) is 20.4. The first-order chi connectivity index (χ1) is 14.0. The lowest BCUT2D eigenvalue weighted by atomic mass is 10.2. The van der Waals surface area contributed by atoms with Crippen LogP contribution in [0.2, 0.25) is 0 Å². The van der Waals surface area contributed by atoms with Gasteiger partial charge in [0.1, 0.15) is 12.1 Å². The predicted octanol–water partition coefficient (Wildman–Crippen LogP) is 3.47. The summed E-state index contributed by atoms with van der Waals surface area (Å²) in [5.41, 5.74) is 1.19. The van der Waals surface area contributed by atoms with Crippen LogP contribution in [0.3, 0.4) is 0 Å². The molecular weight excluding hydrogens is 392 g/mol. The van der Waals surface area contributed by atoms with Crippen molar-refractivity contribution in [3.05, 3.63) is 81.6 Å². The molecule has 7 nitrogen and oxygen atoms in total. The first kappa shape index (κ1) is 18.7. The lowest BCUT2D eigenvalue weighted by molar-refractivity contribution is -0.127. The number of carbonyl (C=O) groups is 3. The Morgan fingerprint density at radius 2 is 1.83 bits per heavy atom. The van der Waals surface area contributed by atoms with Crippen LogP contribution in [0.25, 0.3) is 17.0 Å². The van der Waals surface area contributed by atoms with Gasteiger partial charge >= 0.3 is 5.63 Å². The Hall–Kier alpha value is -3.65. The van der Waals surface area contributed by atoms with E-state index < -0.39 is 29.2 Å². The Balaban J connectivity index is 1.46. The van der Waals surface area contributed by atoms with Crippen LogP contribution >= 0.6 is 11.8 Å². The fourth-order valence-electron chi connectivity index (χ4n) is 2.83. The standard InChI is InChI=1S/C21H14N2O5S/c24-18(22-15-7-8-16-14(11-15)6-9-19(25)28-16)12-23-20(26)17(29-21(23)27)10-13-4-2-1-3-5-13/h1-11H,12H2,(H,22,24)/b17-10-. The van der Waals surface area contributed by atoms with Crippen LogP contribution in [0.1, 0.15) is 5.56 Å². The minimum Gasteiger partial charge on any atom is -0.423 e. The number of nitrogens with zero attached hydrogens (tertiary/aromatic N) is 1. The Bertz CT molecular complexity index is 1220. The van der Waals surface area contributed by atoms with Crippen LogP contribution in [-0.4, -0.2) is 28.5 Å². The molecule has 4 rings (SSSR count). The lowest BCUT2D eigenvalue weighted by Crippen LogP contribution is -2.36. The van der Waals surface area contributed by atoms with Crippen molar-refractivity contribution in [2.24, 2.45) is 0 Å². The number of benzene rings is 2. The summed E-state index contributed by atoms with van der Waals surface area (Å²) in [4.78, 5) is 49.5. The van der Waals surface area contributed by atoms with Gasteiger partial charge in [0.05, 0.1) is 4.91 Å². The third-order valence-electron chi connectivity index (χ3n) is 4.18. The molecule has 3 amide bonds. The molecule has 29 heavy (non-hydrogen) atoms. The van der Waals surface area contributed by atoms with Gasteiger partial charge in [-0.3, -0.25) is 19.3 Å². The van der Waals surface area contributed by atoms with Gasteiger partial charge in [-0.2, -0.15) is 0 Å². The summed E-state index contributed by atoms with van der Waals surface area (Å²) in [6.07, 6.45) is 1.62. The molecule has 1 aliphatic rings. The molecule has 0 bridgehead atoms. The quantitative estimate of drug-likeness (QED) is 0.526. The van der Waals surface area contributed by atoms with Crippen molar-refractivity contribution in [1.82, 2.24) is 4.90 Å². The second-order valence-corrected chi connectivity index (χ2v) is 7.23. The second-order valence-electron chi connectivity index (χ2n) is 6.23. The van der Waals surface area contributed by atoms with Crippen LogP contribution in [0.15, 0.2) is 74.8 Å². The molecule has 2 heterocycles. The van der Waals surface area contributed by atoms with Crippen LogP contribution in [-0.2, 0) is 9.59 Å². The molecule has 0 radical (unpaired) electrons. The predicted molar refractivity (Wildman–Crippen MR) is 110 cm³/mol. The highest BCUT2D eigenvalue weighted by Gasteiger charge is 2.36. The maximum Gasteiger partial charge on any atom is 0.336 e. The van der Waals surface area contributed by atoms with Crippen LogP contribution in [0, 0.1) is 0 Å². The first-order valence-corrected chi connectivity index (χ1v) is 9.45. The van der Waals surface area contributed by atoms with Crippen LogP contribution < -0.4 is 10.9 Å². The van der Waals surface area contributed by atoms with Crippen molar-refractivity contribution >= 4 is 51.5 Å². The number of nitrogens with one attached hydrogen (secondary N) is 1. The summed E-state index contributed by atoms with van der Waals surface area (Å²) in [7, 11) is 0. The number of carbonyl (C=O) groups excluding carboxylic acids is 3. The number of imide groups is 1. The van der Waals surface area contributed by atoms with E-state index in [2.05, 4.69) is 5.32 Å². The van der Waals surface area contributed by atoms with Crippen molar-refractivity contribution in [1.29, 1.82) is 0 Å². The molecule has 144 valence electrons. The Morgan fingerprint density at radius 3 is 2.62 bits per heavy atom. The molecule has 1 N–H and O–H groups in total. The SMILES string of the molecule is O=C(CN1C(=O)S/C(=C\c2ccccc2)C1=O)Nc1ccc2oc(=O)ccc2c1. The Morgan fingerprint density at radius 1 is 1.03 bits per heavy atom. The van der Waals surface area contributed by atoms with Gasteiger partial charge in [-0.05, 0) is 47.7 Å². The average Bonchev–Trinajstić information content (AvgIpc) is 2.96. The maximum absolute atomic E-state index is 12.5.